The summed E-state index contributed by atoms with van der Waals surface area (Å²) in [5.74, 6) is -0.157. The fourth-order valence-corrected chi connectivity index (χ4v) is 3.24. The highest BCUT2D eigenvalue weighted by molar-refractivity contribution is 7.80. The van der Waals surface area contributed by atoms with Gasteiger partial charge in [0.25, 0.3) is 0 Å². The smallest absolute Gasteiger partial charge is 0.169 e. The summed E-state index contributed by atoms with van der Waals surface area (Å²) in [6, 6.07) is 6.94. The van der Waals surface area contributed by atoms with Crippen LogP contribution in [0.15, 0.2) is 24.3 Å². The molecule has 1 atom stereocenters. The van der Waals surface area contributed by atoms with E-state index in [0.29, 0.717) is 5.69 Å². The number of halogens is 1. The summed E-state index contributed by atoms with van der Waals surface area (Å²) in [4.78, 5) is 4.23. The van der Waals surface area contributed by atoms with Crippen molar-refractivity contribution in [2.24, 2.45) is 0 Å². The van der Waals surface area contributed by atoms with E-state index in [-0.39, 0.29) is 11.9 Å². The lowest BCUT2D eigenvalue weighted by atomic mass is 10.2. The van der Waals surface area contributed by atoms with Gasteiger partial charge in [-0.15, -0.1) is 0 Å². The number of hydrogen-bond acceptors (Lipinski definition) is 3. The lowest BCUT2D eigenvalue weighted by molar-refractivity contribution is 0.113. The minimum absolute atomic E-state index is 0.157. The van der Waals surface area contributed by atoms with Crippen molar-refractivity contribution in [2.45, 2.75) is 18.9 Å². The summed E-state index contributed by atoms with van der Waals surface area (Å²) in [6.45, 7) is 4.83. The molecule has 22 heavy (non-hydrogen) atoms. The third-order valence-electron chi connectivity index (χ3n) is 4.26. The lowest BCUT2D eigenvalue weighted by Gasteiger charge is -2.37. The summed E-state index contributed by atoms with van der Waals surface area (Å²) in [5.41, 5.74) is 0.681. The molecule has 2 heterocycles. The number of nitrogens with zero attached hydrogens (tertiary/aromatic N) is 2. The summed E-state index contributed by atoms with van der Waals surface area (Å²) in [7, 11) is 0. The Morgan fingerprint density at radius 2 is 2.05 bits per heavy atom. The molecule has 0 aliphatic carbocycles. The molecule has 3 rings (SSSR count). The summed E-state index contributed by atoms with van der Waals surface area (Å²) in [6.07, 6.45) is 2.54. The number of piperazine rings is 1. The van der Waals surface area contributed by atoms with Gasteiger partial charge >= 0.3 is 0 Å². The lowest BCUT2D eigenvalue weighted by Crippen LogP contribution is -2.52. The van der Waals surface area contributed by atoms with Gasteiger partial charge < -0.3 is 19.9 Å². The van der Waals surface area contributed by atoms with Crippen molar-refractivity contribution < 1.29 is 9.13 Å². The first kappa shape index (κ1) is 15.5. The van der Waals surface area contributed by atoms with Crippen LogP contribution in [0.4, 0.5) is 10.1 Å². The SMILES string of the molecule is Fc1ccccc1N1CCN(C(=S)NC[C@H]2CCCO2)CC1. The first-order chi connectivity index (χ1) is 10.7. The number of ether oxygens (including phenoxy) is 1. The molecule has 1 aromatic rings. The second kappa shape index (κ2) is 7.24. The van der Waals surface area contributed by atoms with Crippen LogP contribution in [-0.4, -0.2) is 55.4 Å². The molecule has 0 amide bonds. The Morgan fingerprint density at radius 3 is 2.73 bits per heavy atom. The molecular formula is C16H22FN3OS. The Bertz CT molecular complexity index is 514. The molecule has 0 radical (unpaired) electrons. The average molecular weight is 323 g/mol. The van der Waals surface area contributed by atoms with Crippen molar-refractivity contribution >= 4 is 23.0 Å². The summed E-state index contributed by atoms with van der Waals surface area (Å²) in [5, 5.41) is 4.08. The van der Waals surface area contributed by atoms with E-state index in [4.69, 9.17) is 17.0 Å². The van der Waals surface area contributed by atoms with E-state index in [1.807, 2.05) is 12.1 Å². The molecule has 2 aliphatic heterocycles. The number of rotatable bonds is 3. The maximum absolute atomic E-state index is 13.8. The van der Waals surface area contributed by atoms with E-state index in [1.165, 1.54) is 6.07 Å². The van der Waals surface area contributed by atoms with Crippen LogP contribution in [0.3, 0.4) is 0 Å². The topological polar surface area (TPSA) is 27.7 Å². The van der Waals surface area contributed by atoms with Gasteiger partial charge in [0, 0.05) is 39.3 Å². The van der Waals surface area contributed by atoms with Crippen LogP contribution >= 0.6 is 12.2 Å². The number of hydrogen-bond donors (Lipinski definition) is 1. The molecule has 0 bridgehead atoms. The average Bonchev–Trinajstić information content (AvgIpc) is 3.07. The molecule has 2 aliphatic rings. The molecule has 2 saturated heterocycles. The Balaban J connectivity index is 1.46. The van der Waals surface area contributed by atoms with E-state index < -0.39 is 0 Å². The van der Waals surface area contributed by atoms with Crippen molar-refractivity contribution in [3.05, 3.63) is 30.1 Å². The molecule has 0 spiro atoms. The highest BCUT2D eigenvalue weighted by Crippen LogP contribution is 2.20. The highest BCUT2D eigenvalue weighted by atomic mass is 32.1. The summed E-state index contributed by atoms with van der Waals surface area (Å²) < 4.78 is 19.4. The Morgan fingerprint density at radius 1 is 1.27 bits per heavy atom. The fraction of sp³-hybridized carbons (Fsp3) is 0.562. The third-order valence-corrected chi connectivity index (χ3v) is 4.67. The van der Waals surface area contributed by atoms with Crippen LogP contribution < -0.4 is 10.2 Å². The number of para-hydroxylation sites is 1. The molecule has 1 N–H and O–H groups in total. The molecule has 6 heteroatoms. The van der Waals surface area contributed by atoms with E-state index in [1.54, 1.807) is 6.07 Å². The van der Waals surface area contributed by atoms with Gasteiger partial charge in [0.2, 0.25) is 0 Å². The van der Waals surface area contributed by atoms with Gasteiger partial charge in [-0.2, -0.15) is 0 Å². The van der Waals surface area contributed by atoms with Gasteiger partial charge in [0.1, 0.15) is 5.82 Å². The largest absolute Gasteiger partial charge is 0.376 e. The predicted octanol–water partition coefficient (Wildman–Crippen LogP) is 2.00. The second-order valence-corrected chi connectivity index (χ2v) is 6.13. The maximum Gasteiger partial charge on any atom is 0.169 e. The molecule has 0 saturated carbocycles. The molecule has 1 aromatic carbocycles. The number of benzene rings is 1. The van der Waals surface area contributed by atoms with Gasteiger partial charge in [-0.25, -0.2) is 4.39 Å². The van der Waals surface area contributed by atoms with Crippen molar-refractivity contribution in [2.75, 3.05) is 44.2 Å². The molecule has 4 nitrogen and oxygen atoms in total. The zero-order valence-corrected chi connectivity index (χ0v) is 13.4. The standard InChI is InChI=1S/C16H22FN3OS/c17-14-5-1-2-6-15(14)19-7-9-20(10-8-19)16(22)18-12-13-4-3-11-21-13/h1-2,5-6,13H,3-4,7-12H2,(H,18,22)/t13-/m1/s1. The first-order valence-corrected chi connectivity index (χ1v) is 8.29. The van der Waals surface area contributed by atoms with Crippen LogP contribution in [0.2, 0.25) is 0 Å². The minimum atomic E-state index is -0.157. The zero-order valence-electron chi connectivity index (χ0n) is 12.6. The van der Waals surface area contributed by atoms with Crippen molar-refractivity contribution in [1.82, 2.24) is 10.2 Å². The third kappa shape index (κ3) is 3.67. The van der Waals surface area contributed by atoms with Gasteiger partial charge in [0.05, 0.1) is 11.8 Å². The Kier molecular flexibility index (Phi) is 5.10. The highest BCUT2D eigenvalue weighted by Gasteiger charge is 2.22. The first-order valence-electron chi connectivity index (χ1n) is 7.88. The summed E-state index contributed by atoms with van der Waals surface area (Å²) >= 11 is 5.46. The zero-order chi connectivity index (χ0) is 15.4. The van der Waals surface area contributed by atoms with E-state index in [9.17, 15) is 4.39 Å². The quantitative estimate of drug-likeness (QED) is 0.859. The fourth-order valence-electron chi connectivity index (χ4n) is 2.98. The van der Waals surface area contributed by atoms with Crippen LogP contribution in [0.5, 0.6) is 0 Å². The molecule has 0 unspecified atom stereocenters. The van der Waals surface area contributed by atoms with Crippen LogP contribution in [0.25, 0.3) is 0 Å². The number of anilines is 1. The molecule has 0 aromatic heterocycles. The monoisotopic (exact) mass is 323 g/mol. The van der Waals surface area contributed by atoms with Gasteiger partial charge in [0.15, 0.2) is 5.11 Å². The number of thiocarbonyl (C=S) groups is 1. The predicted molar refractivity (Wildman–Crippen MR) is 89.8 cm³/mol. The maximum atomic E-state index is 13.8. The van der Waals surface area contributed by atoms with Crippen molar-refractivity contribution in [1.29, 1.82) is 0 Å². The van der Waals surface area contributed by atoms with E-state index in [2.05, 4.69) is 15.1 Å². The van der Waals surface area contributed by atoms with Gasteiger partial charge in [-0.05, 0) is 37.2 Å². The van der Waals surface area contributed by atoms with Crippen LogP contribution in [0.1, 0.15) is 12.8 Å². The van der Waals surface area contributed by atoms with Crippen molar-refractivity contribution in [3.63, 3.8) is 0 Å². The normalized spacial score (nSPS) is 22.0. The van der Waals surface area contributed by atoms with E-state index in [0.717, 1.165) is 57.3 Å². The van der Waals surface area contributed by atoms with E-state index >= 15 is 0 Å². The van der Waals surface area contributed by atoms with Crippen LogP contribution in [0, 0.1) is 5.82 Å². The Labute approximate surface area is 136 Å². The molecule has 2 fully saturated rings. The van der Waals surface area contributed by atoms with Crippen molar-refractivity contribution in [3.8, 4) is 0 Å². The van der Waals surface area contributed by atoms with Crippen LogP contribution in [-0.2, 0) is 4.74 Å². The number of nitrogens with one attached hydrogen (secondary N) is 1. The second-order valence-electron chi connectivity index (χ2n) is 5.75. The molecule has 120 valence electrons. The minimum Gasteiger partial charge on any atom is -0.376 e. The Hall–Kier alpha value is -1.40. The molecular weight excluding hydrogens is 301 g/mol. The van der Waals surface area contributed by atoms with Gasteiger partial charge in [-0.3, -0.25) is 0 Å². The van der Waals surface area contributed by atoms with Gasteiger partial charge in [-0.1, -0.05) is 12.1 Å².